The highest BCUT2D eigenvalue weighted by molar-refractivity contribution is 9.10. The van der Waals surface area contributed by atoms with Crippen molar-refractivity contribution in [1.82, 2.24) is 4.57 Å². The number of aromatic nitrogens is 1. The van der Waals surface area contributed by atoms with Gasteiger partial charge < -0.3 is 9.30 Å². The predicted octanol–water partition coefficient (Wildman–Crippen LogP) is 7.51. The Bertz CT molecular complexity index is 1480. The number of rotatable bonds is 6. The van der Waals surface area contributed by atoms with Crippen LogP contribution in [0.25, 0.3) is 17.0 Å². The van der Waals surface area contributed by atoms with Gasteiger partial charge in [0, 0.05) is 27.1 Å². The Morgan fingerprint density at radius 1 is 1.03 bits per heavy atom. The van der Waals surface area contributed by atoms with E-state index in [9.17, 15) is 4.79 Å². The van der Waals surface area contributed by atoms with Gasteiger partial charge in [-0.05, 0) is 73.5 Å². The SMILES string of the molecule is Cc1ccc(OCCn2cc(/C=C3\SC(=S)N(c4ccccc4)C3=O)c3cc(Br)ccc32)cc1C. The summed E-state index contributed by atoms with van der Waals surface area (Å²) in [6.45, 7) is 5.41. The molecule has 0 radical (unpaired) electrons. The molecule has 1 saturated heterocycles. The monoisotopic (exact) mass is 562 g/mol. The molecule has 0 N–H and O–H groups in total. The highest BCUT2D eigenvalue weighted by Gasteiger charge is 2.33. The number of thioether (sulfide) groups is 1. The third kappa shape index (κ3) is 4.94. The molecule has 0 saturated carbocycles. The number of anilines is 1. The maximum atomic E-state index is 13.2. The number of aryl methyl sites for hydroxylation is 2. The van der Waals surface area contributed by atoms with Crippen molar-refractivity contribution in [1.29, 1.82) is 0 Å². The minimum Gasteiger partial charge on any atom is -0.492 e. The summed E-state index contributed by atoms with van der Waals surface area (Å²) in [4.78, 5) is 15.4. The van der Waals surface area contributed by atoms with E-state index in [0.717, 1.165) is 32.4 Å². The van der Waals surface area contributed by atoms with Gasteiger partial charge >= 0.3 is 0 Å². The summed E-state index contributed by atoms with van der Waals surface area (Å²) in [5.41, 5.74) is 5.31. The molecule has 2 heterocycles. The van der Waals surface area contributed by atoms with Crippen LogP contribution in [0.15, 0.2) is 82.3 Å². The lowest BCUT2D eigenvalue weighted by atomic mass is 10.1. The van der Waals surface area contributed by atoms with Crippen molar-refractivity contribution in [3.05, 3.63) is 99.0 Å². The van der Waals surface area contributed by atoms with Crippen LogP contribution < -0.4 is 9.64 Å². The van der Waals surface area contributed by atoms with Crippen LogP contribution in [-0.4, -0.2) is 21.4 Å². The molecule has 4 nitrogen and oxygen atoms in total. The van der Waals surface area contributed by atoms with Crippen molar-refractivity contribution in [2.45, 2.75) is 20.4 Å². The van der Waals surface area contributed by atoms with Crippen LogP contribution in [0.5, 0.6) is 5.75 Å². The predicted molar refractivity (Wildman–Crippen MR) is 153 cm³/mol. The maximum absolute atomic E-state index is 13.2. The van der Waals surface area contributed by atoms with E-state index in [0.29, 0.717) is 22.4 Å². The maximum Gasteiger partial charge on any atom is 0.270 e. The number of ether oxygens (including phenoxy) is 1. The van der Waals surface area contributed by atoms with Crippen molar-refractivity contribution in [2.75, 3.05) is 11.5 Å². The fourth-order valence-electron chi connectivity index (χ4n) is 4.07. The minimum atomic E-state index is -0.0971. The number of hydrogen-bond donors (Lipinski definition) is 0. The molecule has 0 atom stereocenters. The van der Waals surface area contributed by atoms with E-state index < -0.39 is 0 Å². The topological polar surface area (TPSA) is 34.5 Å². The van der Waals surface area contributed by atoms with Gasteiger partial charge in [-0.2, -0.15) is 0 Å². The van der Waals surface area contributed by atoms with Crippen LogP contribution >= 0.6 is 39.9 Å². The normalized spacial score (nSPS) is 14.9. The first-order valence-corrected chi connectivity index (χ1v) is 13.2. The lowest BCUT2D eigenvalue weighted by molar-refractivity contribution is -0.113. The number of fused-ring (bicyclic) bond motifs is 1. The Balaban J connectivity index is 1.42. The molecule has 5 rings (SSSR count). The lowest BCUT2D eigenvalue weighted by Gasteiger charge is -2.13. The first kappa shape index (κ1) is 23.9. The first-order valence-electron chi connectivity index (χ1n) is 11.2. The first-order chi connectivity index (χ1) is 16.9. The van der Waals surface area contributed by atoms with Gasteiger partial charge in [0.25, 0.3) is 5.91 Å². The molecule has 0 bridgehead atoms. The van der Waals surface area contributed by atoms with Crippen LogP contribution in [0.1, 0.15) is 16.7 Å². The van der Waals surface area contributed by atoms with Crippen LogP contribution in [0.4, 0.5) is 5.69 Å². The van der Waals surface area contributed by atoms with Crippen LogP contribution in [0.3, 0.4) is 0 Å². The third-order valence-electron chi connectivity index (χ3n) is 6.05. The van der Waals surface area contributed by atoms with E-state index >= 15 is 0 Å². The van der Waals surface area contributed by atoms with E-state index in [1.54, 1.807) is 4.90 Å². The minimum absolute atomic E-state index is 0.0971. The standard InChI is InChI=1S/C28H23BrN2O2S2/c1-18-8-10-23(14-19(18)2)33-13-12-30-17-20(24-16-21(29)9-11-25(24)30)15-26-27(32)31(28(34)35-26)22-6-4-3-5-7-22/h3-11,14-17H,12-13H2,1-2H3/b26-15-. The number of carbonyl (C=O) groups excluding carboxylic acids is 1. The summed E-state index contributed by atoms with van der Waals surface area (Å²) in [5.74, 6) is 0.775. The lowest BCUT2D eigenvalue weighted by Crippen LogP contribution is -2.27. The summed E-state index contributed by atoms with van der Waals surface area (Å²) in [6.07, 6.45) is 4.02. The third-order valence-corrected chi connectivity index (χ3v) is 7.84. The summed E-state index contributed by atoms with van der Waals surface area (Å²) >= 11 is 10.5. The summed E-state index contributed by atoms with van der Waals surface area (Å²) in [6, 6.07) is 21.9. The van der Waals surface area contributed by atoms with Crippen LogP contribution in [0.2, 0.25) is 0 Å². The molecule has 1 amide bonds. The second kappa shape index (κ2) is 10.0. The molecule has 4 aromatic rings. The zero-order chi connectivity index (χ0) is 24.5. The van der Waals surface area contributed by atoms with E-state index in [4.69, 9.17) is 17.0 Å². The average Bonchev–Trinajstić information content (AvgIpc) is 3.32. The van der Waals surface area contributed by atoms with E-state index in [1.807, 2.05) is 48.5 Å². The number of halogens is 1. The Morgan fingerprint density at radius 2 is 1.83 bits per heavy atom. The Kier molecular flexibility index (Phi) is 6.82. The fourth-order valence-corrected chi connectivity index (χ4v) is 5.72. The number of hydrogen-bond acceptors (Lipinski definition) is 4. The molecule has 176 valence electrons. The van der Waals surface area contributed by atoms with Gasteiger partial charge in [0.05, 0.1) is 17.1 Å². The van der Waals surface area contributed by atoms with Crippen molar-refractivity contribution < 1.29 is 9.53 Å². The fraction of sp³-hybridized carbons (Fsp3) is 0.143. The Morgan fingerprint density at radius 3 is 2.60 bits per heavy atom. The van der Waals surface area contributed by atoms with Gasteiger partial charge in [0.1, 0.15) is 12.4 Å². The zero-order valence-electron chi connectivity index (χ0n) is 19.3. The molecular formula is C28H23BrN2O2S2. The molecular weight excluding hydrogens is 540 g/mol. The van der Waals surface area contributed by atoms with Gasteiger partial charge in [-0.3, -0.25) is 9.69 Å². The molecule has 0 spiro atoms. The van der Waals surface area contributed by atoms with E-state index in [1.165, 1.54) is 22.9 Å². The molecule has 0 aliphatic carbocycles. The zero-order valence-corrected chi connectivity index (χ0v) is 22.5. The van der Waals surface area contributed by atoms with Crippen molar-refractivity contribution >= 4 is 72.8 Å². The Labute approximate surface area is 222 Å². The molecule has 0 unspecified atom stereocenters. The average molecular weight is 564 g/mol. The number of amides is 1. The van der Waals surface area contributed by atoms with Crippen molar-refractivity contribution in [3.63, 3.8) is 0 Å². The van der Waals surface area contributed by atoms with Crippen LogP contribution in [0, 0.1) is 13.8 Å². The Hall–Kier alpha value is -2.87. The second-order valence-electron chi connectivity index (χ2n) is 8.39. The van der Waals surface area contributed by atoms with E-state index in [2.05, 4.69) is 64.8 Å². The number of carbonyl (C=O) groups is 1. The highest BCUT2D eigenvalue weighted by atomic mass is 79.9. The largest absolute Gasteiger partial charge is 0.492 e. The van der Waals surface area contributed by atoms with Gasteiger partial charge in [0.15, 0.2) is 4.32 Å². The van der Waals surface area contributed by atoms with Gasteiger partial charge in [-0.15, -0.1) is 0 Å². The number of nitrogens with zero attached hydrogens (tertiary/aromatic N) is 2. The van der Waals surface area contributed by atoms with E-state index in [-0.39, 0.29) is 5.91 Å². The van der Waals surface area contributed by atoms with Crippen molar-refractivity contribution in [2.24, 2.45) is 0 Å². The summed E-state index contributed by atoms with van der Waals surface area (Å²) in [5, 5.41) is 1.07. The van der Waals surface area contributed by atoms with Crippen LogP contribution in [-0.2, 0) is 11.3 Å². The molecule has 1 fully saturated rings. The highest BCUT2D eigenvalue weighted by Crippen LogP contribution is 2.37. The second-order valence-corrected chi connectivity index (χ2v) is 11.0. The quantitative estimate of drug-likeness (QED) is 0.180. The number of benzene rings is 3. The summed E-state index contributed by atoms with van der Waals surface area (Å²) < 4.78 is 9.73. The molecule has 7 heteroatoms. The van der Waals surface area contributed by atoms with Gasteiger partial charge in [-0.25, -0.2) is 0 Å². The molecule has 3 aromatic carbocycles. The van der Waals surface area contributed by atoms with Gasteiger partial charge in [-0.1, -0.05) is 64.2 Å². The summed E-state index contributed by atoms with van der Waals surface area (Å²) in [7, 11) is 0. The number of thiocarbonyl (C=S) groups is 1. The molecule has 1 aliphatic rings. The molecule has 1 aliphatic heterocycles. The van der Waals surface area contributed by atoms with Crippen molar-refractivity contribution in [3.8, 4) is 5.75 Å². The smallest absolute Gasteiger partial charge is 0.270 e. The number of para-hydroxylation sites is 1. The molecule has 35 heavy (non-hydrogen) atoms. The molecule has 1 aromatic heterocycles. The van der Waals surface area contributed by atoms with Gasteiger partial charge in [0.2, 0.25) is 0 Å².